The summed E-state index contributed by atoms with van der Waals surface area (Å²) in [6.45, 7) is 6.60. The molecule has 0 atom stereocenters. The molecule has 5 heteroatoms. The number of methoxy groups -OCH3 is 1. The first kappa shape index (κ1) is 17.1. The molecule has 118 valence electrons. The molecule has 1 aromatic carbocycles. The van der Waals surface area contributed by atoms with Crippen LogP contribution in [0.2, 0.25) is 0 Å². The number of urea groups is 1. The zero-order valence-corrected chi connectivity index (χ0v) is 13.2. The highest BCUT2D eigenvalue weighted by Gasteiger charge is 2.10. The molecule has 5 nitrogen and oxygen atoms in total. The molecule has 1 N–H and O–H groups in total. The average Bonchev–Trinajstić information content (AvgIpc) is 2.51. The molecule has 21 heavy (non-hydrogen) atoms. The van der Waals surface area contributed by atoms with E-state index in [9.17, 15) is 4.79 Å². The lowest BCUT2D eigenvalue weighted by Gasteiger charge is -2.22. The third kappa shape index (κ3) is 5.94. The Morgan fingerprint density at radius 3 is 2.33 bits per heavy atom. The highest BCUT2D eigenvalue weighted by molar-refractivity contribution is 5.74. The summed E-state index contributed by atoms with van der Waals surface area (Å²) in [6, 6.07) is 7.45. The van der Waals surface area contributed by atoms with Crippen molar-refractivity contribution in [1.29, 1.82) is 0 Å². The largest absolute Gasteiger partial charge is 0.493 e. The van der Waals surface area contributed by atoms with Gasteiger partial charge in [0.1, 0.15) is 6.61 Å². The third-order valence-corrected chi connectivity index (χ3v) is 2.98. The van der Waals surface area contributed by atoms with Gasteiger partial charge < -0.3 is 19.7 Å². The van der Waals surface area contributed by atoms with Crippen LogP contribution in [0.4, 0.5) is 4.79 Å². The number of nitrogens with one attached hydrogen (secondary N) is 1. The van der Waals surface area contributed by atoms with Crippen LogP contribution in [0.1, 0.15) is 26.7 Å². The van der Waals surface area contributed by atoms with Crippen LogP contribution < -0.4 is 14.8 Å². The second-order valence-corrected chi connectivity index (χ2v) is 4.72. The van der Waals surface area contributed by atoms with Gasteiger partial charge in [0.25, 0.3) is 0 Å². The van der Waals surface area contributed by atoms with Crippen molar-refractivity contribution < 1.29 is 14.3 Å². The van der Waals surface area contributed by atoms with Crippen LogP contribution in [0.15, 0.2) is 24.3 Å². The summed E-state index contributed by atoms with van der Waals surface area (Å²) in [5, 5.41) is 2.88. The topological polar surface area (TPSA) is 50.8 Å². The van der Waals surface area contributed by atoms with E-state index in [0.29, 0.717) is 24.7 Å². The second-order valence-electron chi connectivity index (χ2n) is 4.72. The van der Waals surface area contributed by atoms with Crippen molar-refractivity contribution in [2.45, 2.75) is 26.7 Å². The number of hydrogen-bond acceptors (Lipinski definition) is 3. The van der Waals surface area contributed by atoms with Gasteiger partial charge in [-0.05, 0) is 25.0 Å². The lowest BCUT2D eigenvalue weighted by atomic mass is 10.3. The molecular weight excluding hydrogens is 268 g/mol. The number of rotatable bonds is 9. The summed E-state index contributed by atoms with van der Waals surface area (Å²) in [5.74, 6) is 1.38. The molecule has 1 aromatic rings. The molecule has 0 aliphatic carbocycles. The molecule has 2 amide bonds. The smallest absolute Gasteiger partial charge is 0.317 e. The van der Waals surface area contributed by atoms with Crippen molar-refractivity contribution in [1.82, 2.24) is 10.2 Å². The first-order valence-corrected chi connectivity index (χ1v) is 7.51. The molecule has 0 fully saturated rings. The molecule has 0 spiro atoms. The monoisotopic (exact) mass is 294 g/mol. The second kappa shape index (κ2) is 9.91. The van der Waals surface area contributed by atoms with Gasteiger partial charge in [0.15, 0.2) is 11.5 Å². The van der Waals surface area contributed by atoms with E-state index in [2.05, 4.69) is 19.2 Å². The van der Waals surface area contributed by atoms with Crippen molar-refractivity contribution in [3.05, 3.63) is 24.3 Å². The third-order valence-electron chi connectivity index (χ3n) is 2.98. The zero-order valence-electron chi connectivity index (χ0n) is 13.2. The van der Waals surface area contributed by atoms with Gasteiger partial charge in [-0.2, -0.15) is 0 Å². The Balaban J connectivity index is 2.34. The Bertz CT molecular complexity index is 418. The summed E-state index contributed by atoms with van der Waals surface area (Å²) < 4.78 is 10.8. The van der Waals surface area contributed by atoms with Crippen LogP contribution in [0, 0.1) is 0 Å². The summed E-state index contributed by atoms with van der Waals surface area (Å²) in [7, 11) is 1.61. The summed E-state index contributed by atoms with van der Waals surface area (Å²) in [6.07, 6.45) is 1.93. The van der Waals surface area contributed by atoms with Crippen LogP contribution in [0.25, 0.3) is 0 Å². The molecule has 0 heterocycles. The van der Waals surface area contributed by atoms with Crippen LogP contribution in [0.3, 0.4) is 0 Å². The quantitative estimate of drug-likeness (QED) is 0.712. The van der Waals surface area contributed by atoms with E-state index in [-0.39, 0.29) is 6.03 Å². The normalized spacial score (nSPS) is 10.0. The zero-order chi connectivity index (χ0) is 15.5. The Kier molecular flexibility index (Phi) is 8.09. The van der Waals surface area contributed by atoms with Gasteiger partial charge in [-0.1, -0.05) is 26.0 Å². The van der Waals surface area contributed by atoms with E-state index in [1.165, 1.54) is 0 Å². The molecule has 0 unspecified atom stereocenters. The Labute approximate surface area is 127 Å². The maximum Gasteiger partial charge on any atom is 0.317 e. The van der Waals surface area contributed by atoms with Gasteiger partial charge in [-0.3, -0.25) is 0 Å². The van der Waals surface area contributed by atoms with Gasteiger partial charge in [0, 0.05) is 13.1 Å². The maximum absolute atomic E-state index is 12.0. The minimum absolute atomic E-state index is 0.0256. The predicted octanol–water partition coefficient (Wildman–Crippen LogP) is 2.91. The molecule has 0 aliphatic heterocycles. The first-order chi connectivity index (χ1) is 10.2. The van der Waals surface area contributed by atoms with E-state index in [1.54, 1.807) is 7.11 Å². The fraction of sp³-hybridized carbons (Fsp3) is 0.562. The van der Waals surface area contributed by atoms with Crippen molar-refractivity contribution >= 4 is 6.03 Å². The van der Waals surface area contributed by atoms with Crippen LogP contribution in [-0.4, -0.2) is 44.3 Å². The summed E-state index contributed by atoms with van der Waals surface area (Å²) in [5.41, 5.74) is 0. The molecular formula is C16H26N2O3. The number of para-hydroxylation sites is 2. The lowest BCUT2D eigenvalue weighted by Crippen LogP contribution is -2.42. The van der Waals surface area contributed by atoms with E-state index < -0.39 is 0 Å². The van der Waals surface area contributed by atoms with E-state index in [0.717, 1.165) is 25.9 Å². The SMILES string of the molecule is CCCN(CCC)C(=O)NCCOc1ccccc1OC. The van der Waals surface area contributed by atoms with Crippen LogP contribution in [0.5, 0.6) is 11.5 Å². The van der Waals surface area contributed by atoms with Gasteiger partial charge >= 0.3 is 6.03 Å². The summed E-state index contributed by atoms with van der Waals surface area (Å²) in [4.78, 5) is 13.8. The van der Waals surface area contributed by atoms with E-state index in [4.69, 9.17) is 9.47 Å². The molecule has 0 radical (unpaired) electrons. The number of hydrogen-bond donors (Lipinski definition) is 1. The van der Waals surface area contributed by atoms with E-state index >= 15 is 0 Å². The van der Waals surface area contributed by atoms with Crippen molar-refractivity contribution in [3.63, 3.8) is 0 Å². The van der Waals surface area contributed by atoms with Crippen LogP contribution >= 0.6 is 0 Å². The van der Waals surface area contributed by atoms with Crippen molar-refractivity contribution in [2.75, 3.05) is 33.4 Å². The van der Waals surface area contributed by atoms with Gasteiger partial charge in [-0.15, -0.1) is 0 Å². The minimum atomic E-state index is -0.0256. The highest BCUT2D eigenvalue weighted by atomic mass is 16.5. The van der Waals surface area contributed by atoms with E-state index in [1.807, 2.05) is 29.2 Å². The van der Waals surface area contributed by atoms with Gasteiger partial charge in [0.2, 0.25) is 0 Å². The molecule has 0 bridgehead atoms. The number of benzene rings is 1. The fourth-order valence-corrected chi connectivity index (χ4v) is 2.02. The standard InChI is InChI=1S/C16H26N2O3/c1-4-11-18(12-5-2)16(19)17-10-13-21-15-9-7-6-8-14(15)20-3/h6-9H,4-5,10-13H2,1-3H3,(H,17,19). The average molecular weight is 294 g/mol. The first-order valence-electron chi connectivity index (χ1n) is 7.51. The van der Waals surface area contributed by atoms with Gasteiger partial charge in [0.05, 0.1) is 13.7 Å². The van der Waals surface area contributed by atoms with Crippen LogP contribution in [-0.2, 0) is 0 Å². The Hall–Kier alpha value is -1.91. The Morgan fingerprint density at radius 2 is 1.76 bits per heavy atom. The summed E-state index contributed by atoms with van der Waals surface area (Å²) >= 11 is 0. The Morgan fingerprint density at radius 1 is 1.14 bits per heavy atom. The molecule has 0 aliphatic rings. The molecule has 1 rings (SSSR count). The van der Waals surface area contributed by atoms with Crippen molar-refractivity contribution in [3.8, 4) is 11.5 Å². The number of carbonyl (C=O) groups is 1. The number of carbonyl (C=O) groups excluding carboxylic acids is 1. The molecule has 0 saturated heterocycles. The molecule has 0 saturated carbocycles. The minimum Gasteiger partial charge on any atom is -0.493 e. The maximum atomic E-state index is 12.0. The highest BCUT2D eigenvalue weighted by Crippen LogP contribution is 2.25. The predicted molar refractivity (Wildman–Crippen MR) is 84.0 cm³/mol. The number of nitrogens with zero attached hydrogens (tertiary/aromatic N) is 1. The lowest BCUT2D eigenvalue weighted by molar-refractivity contribution is 0.194. The number of ether oxygens (including phenoxy) is 2. The number of amides is 2. The molecule has 0 aromatic heterocycles. The fourth-order valence-electron chi connectivity index (χ4n) is 2.02. The van der Waals surface area contributed by atoms with Gasteiger partial charge in [-0.25, -0.2) is 4.79 Å². The van der Waals surface area contributed by atoms with Crippen molar-refractivity contribution in [2.24, 2.45) is 0 Å².